The zero-order valence-corrected chi connectivity index (χ0v) is 7.05. The number of fused-ring (bicyclic) bond motifs is 1. The predicted molar refractivity (Wildman–Crippen MR) is 50.7 cm³/mol. The maximum Gasteiger partial charge on any atom is 0.0691 e. The number of hydrogen-bond acceptors (Lipinski definition) is 1. The highest BCUT2D eigenvalue weighted by Gasteiger charge is 1.96. The monoisotopic (exact) mass is 184 g/mol. The summed E-state index contributed by atoms with van der Waals surface area (Å²) in [6, 6.07) is 7.55. The van der Waals surface area contributed by atoms with Crippen LogP contribution >= 0.6 is 11.6 Å². The molecule has 0 atom stereocenters. The van der Waals surface area contributed by atoms with Crippen molar-refractivity contribution in [3.63, 3.8) is 0 Å². The Bertz CT molecular complexity index is 397. The fourth-order valence-corrected chi connectivity index (χ4v) is 1.32. The third-order valence-corrected chi connectivity index (χ3v) is 1.92. The Kier molecular flexibility index (Phi) is 2.26. The van der Waals surface area contributed by atoms with E-state index in [9.17, 15) is 0 Å². The van der Waals surface area contributed by atoms with Crippen LogP contribution < -0.4 is 5.84 Å². The Morgan fingerprint density at radius 1 is 1.25 bits per heavy atom. The number of halogens is 1. The van der Waals surface area contributed by atoms with Gasteiger partial charge in [-0.25, -0.2) is 0 Å². The molecule has 0 radical (unpaired) electrons. The van der Waals surface area contributed by atoms with Crippen LogP contribution in [0.2, 0.25) is 5.02 Å². The Morgan fingerprint density at radius 2 is 2.00 bits per heavy atom. The summed E-state index contributed by atoms with van der Waals surface area (Å²) in [7, 11) is 0. The number of hydrogen-bond donors (Lipinski definition) is 1. The molecule has 0 aliphatic heterocycles. The first-order valence-corrected chi connectivity index (χ1v) is 3.67. The molecule has 0 saturated carbocycles. The molecule has 4 N–H and O–H groups in total. The molecule has 0 aliphatic carbocycles. The standard InChI is InChI=1S/C8H7ClN2.H2O/c9-7-1-2-8-6(5-7)3-4-11(8)10;/h1-5H,10H2;1H2. The van der Waals surface area contributed by atoms with Crippen LogP contribution in [0.15, 0.2) is 30.5 Å². The second-order valence-electron chi connectivity index (χ2n) is 2.43. The number of nitrogens with zero attached hydrogens (tertiary/aromatic N) is 1. The first kappa shape index (κ1) is 8.90. The van der Waals surface area contributed by atoms with Crippen molar-refractivity contribution in [1.29, 1.82) is 0 Å². The van der Waals surface area contributed by atoms with E-state index >= 15 is 0 Å². The van der Waals surface area contributed by atoms with E-state index in [0.717, 1.165) is 15.9 Å². The van der Waals surface area contributed by atoms with E-state index in [1.807, 2.05) is 24.3 Å². The third-order valence-electron chi connectivity index (χ3n) is 1.68. The van der Waals surface area contributed by atoms with E-state index in [-0.39, 0.29) is 5.48 Å². The van der Waals surface area contributed by atoms with Gasteiger partial charge in [0.2, 0.25) is 0 Å². The van der Waals surface area contributed by atoms with Crippen molar-refractivity contribution < 1.29 is 5.48 Å². The largest absolute Gasteiger partial charge is 0.412 e. The average Bonchev–Trinajstić information content (AvgIpc) is 2.32. The highest BCUT2D eigenvalue weighted by atomic mass is 35.5. The Hall–Kier alpha value is -1.19. The van der Waals surface area contributed by atoms with Gasteiger partial charge in [-0.1, -0.05) is 11.6 Å². The van der Waals surface area contributed by atoms with Crippen molar-refractivity contribution >= 4 is 22.5 Å². The summed E-state index contributed by atoms with van der Waals surface area (Å²) in [4.78, 5) is 0. The molecule has 0 aliphatic rings. The Balaban J connectivity index is 0.000000720. The van der Waals surface area contributed by atoms with Crippen LogP contribution in [-0.4, -0.2) is 10.2 Å². The highest BCUT2D eigenvalue weighted by Crippen LogP contribution is 2.18. The molecule has 0 bridgehead atoms. The maximum absolute atomic E-state index is 5.78. The van der Waals surface area contributed by atoms with Crippen molar-refractivity contribution in [1.82, 2.24) is 4.68 Å². The molecule has 4 heteroatoms. The first-order valence-electron chi connectivity index (χ1n) is 3.29. The summed E-state index contributed by atoms with van der Waals surface area (Å²) in [5.41, 5.74) is 0.995. The second-order valence-corrected chi connectivity index (χ2v) is 2.86. The summed E-state index contributed by atoms with van der Waals surface area (Å²) >= 11 is 5.78. The lowest BCUT2D eigenvalue weighted by Gasteiger charge is -1.94. The zero-order valence-electron chi connectivity index (χ0n) is 6.29. The van der Waals surface area contributed by atoms with Crippen LogP contribution in [-0.2, 0) is 0 Å². The minimum atomic E-state index is 0. The summed E-state index contributed by atoms with van der Waals surface area (Å²) in [5.74, 6) is 5.60. The van der Waals surface area contributed by atoms with E-state index in [1.54, 1.807) is 10.9 Å². The van der Waals surface area contributed by atoms with Crippen LogP contribution in [0.3, 0.4) is 0 Å². The molecule has 0 unspecified atom stereocenters. The van der Waals surface area contributed by atoms with Crippen LogP contribution in [0.25, 0.3) is 10.9 Å². The maximum atomic E-state index is 5.78. The van der Waals surface area contributed by atoms with Gasteiger partial charge in [0.15, 0.2) is 0 Å². The summed E-state index contributed by atoms with van der Waals surface area (Å²) in [6.07, 6.45) is 1.81. The van der Waals surface area contributed by atoms with E-state index in [4.69, 9.17) is 17.4 Å². The number of nitrogens with two attached hydrogens (primary N) is 1. The molecule has 0 spiro atoms. The molecule has 1 heterocycles. The molecule has 1 aromatic heterocycles. The van der Waals surface area contributed by atoms with Crippen molar-refractivity contribution in [3.05, 3.63) is 35.5 Å². The Labute approximate surface area is 74.6 Å². The minimum Gasteiger partial charge on any atom is -0.412 e. The average molecular weight is 185 g/mol. The molecular weight excluding hydrogens is 176 g/mol. The topological polar surface area (TPSA) is 62.5 Å². The van der Waals surface area contributed by atoms with Gasteiger partial charge in [-0.2, -0.15) is 0 Å². The van der Waals surface area contributed by atoms with E-state index < -0.39 is 0 Å². The van der Waals surface area contributed by atoms with Crippen molar-refractivity contribution in [2.45, 2.75) is 0 Å². The summed E-state index contributed by atoms with van der Waals surface area (Å²) in [5, 5.41) is 1.81. The quantitative estimate of drug-likeness (QED) is 0.614. The molecule has 0 saturated heterocycles. The van der Waals surface area contributed by atoms with Crippen LogP contribution in [0, 0.1) is 0 Å². The molecule has 2 aromatic rings. The molecule has 64 valence electrons. The lowest BCUT2D eigenvalue weighted by Crippen LogP contribution is -2.04. The van der Waals surface area contributed by atoms with E-state index in [1.165, 1.54) is 0 Å². The van der Waals surface area contributed by atoms with Gasteiger partial charge in [0.25, 0.3) is 0 Å². The fourth-order valence-electron chi connectivity index (χ4n) is 1.13. The predicted octanol–water partition coefficient (Wildman–Crippen LogP) is 1.18. The van der Waals surface area contributed by atoms with Crippen LogP contribution in [0.4, 0.5) is 0 Å². The lowest BCUT2D eigenvalue weighted by molar-refractivity contribution is 0.824. The molecule has 0 amide bonds. The van der Waals surface area contributed by atoms with Gasteiger partial charge >= 0.3 is 0 Å². The highest BCUT2D eigenvalue weighted by molar-refractivity contribution is 6.31. The third kappa shape index (κ3) is 1.24. The van der Waals surface area contributed by atoms with Gasteiger partial charge in [-0.3, -0.25) is 4.68 Å². The van der Waals surface area contributed by atoms with E-state index in [0.29, 0.717) is 0 Å². The Morgan fingerprint density at radius 3 is 2.75 bits per heavy atom. The van der Waals surface area contributed by atoms with E-state index in [2.05, 4.69) is 0 Å². The number of benzene rings is 1. The molecular formula is C8H9ClN2O. The van der Waals surface area contributed by atoms with Gasteiger partial charge in [-0.05, 0) is 24.3 Å². The molecule has 2 rings (SSSR count). The van der Waals surface area contributed by atoms with Gasteiger partial charge in [-0.15, -0.1) is 0 Å². The smallest absolute Gasteiger partial charge is 0.0691 e. The molecule has 3 nitrogen and oxygen atoms in total. The number of nitrogen functional groups attached to an aromatic ring is 1. The van der Waals surface area contributed by atoms with Crippen LogP contribution in [0.1, 0.15) is 0 Å². The molecule has 0 fully saturated rings. The van der Waals surface area contributed by atoms with Crippen molar-refractivity contribution in [3.8, 4) is 0 Å². The summed E-state index contributed by atoms with van der Waals surface area (Å²) in [6.45, 7) is 0. The minimum absolute atomic E-state index is 0. The first-order chi connectivity index (χ1) is 5.27. The van der Waals surface area contributed by atoms with Gasteiger partial charge in [0.05, 0.1) is 5.52 Å². The lowest BCUT2D eigenvalue weighted by atomic mass is 10.2. The summed E-state index contributed by atoms with van der Waals surface area (Å²) < 4.78 is 1.58. The SMILES string of the molecule is Nn1ccc2cc(Cl)ccc21.O. The molecule has 12 heavy (non-hydrogen) atoms. The van der Waals surface area contributed by atoms with Crippen molar-refractivity contribution in [2.75, 3.05) is 5.84 Å². The van der Waals surface area contributed by atoms with Gasteiger partial charge in [0.1, 0.15) is 0 Å². The zero-order chi connectivity index (χ0) is 7.84. The van der Waals surface area contributed by atoms with Crippen molar-refractivity contribution in [2.24, 2.45) is 0 Å². The van der Waals surface area contributed by atoms with Gasteiger partial charge in [0, 0.05) is 16.6 Å². The normalized spacial score (nSPS) is 9.75. The van der Waals surface area contributed by atoms with Crippen LogP contribution in [0.5, 0.6) is 0 Å². The number of aromatic nitrogens is 1. The van der Waals surface area contributed by atoms with Gasteiger partial charge < -0.3 is 11.3 Å². The fraction of sp³-hybridized carbons (Fsp3) is 0. The second kappa shape index (κ2) is 3.05. The molecule has 1 aromatic carbocycles. The number of rotatable bonds is 0.